The normalized spacial score (nSPS) is 10.7. The Morgan fingerprint density at radius 3 is 2.46 bits per heavy atom. The van der Waals surface area contributed by atoms with Crippen LogP contribution in [0, 0.1) is 6.92 Å². The number of halogens is 1. The summed E-state index contributed by atoms with van der Waals surface area (Å²) in [5.41, 5.74) is 4.43. The van der Waals surface area contributed by atoms with Crippen LogP contribution in [0.5, 0.6) is 0 Å². The van der Waals surface area contributed by atoms with Gasteiger partial charge in [0.05, 0.1) is 5.69 Å². The second-order valence-electron chi connectivity index (χ2n) is 6.19. The lowest BCUT2D eigenvalue weighted by Crippen LogP contribution is -2.12. The smallest absolute Gasteiger partial charge is 0.226 e. The van der Waals surface area contributed by atoms with Crippen molar-refractivity contribution in [1.82, 2.24) is 4.98 Å². The molecule has 0 aliphatic rings. The number of hydrogen-bond acceptors (Lipinski definition) is 3. The van der Waals surface area contributed by atoms with Gasteiger partial charge in [-0.2, -0.15) is 0 Å². The Balaban J connectivity index is 1.66. The summed E-state index contributed by atoms with van der Waals surface area (Å²) in [7, 11) is 0. The molecule has 0 aliphatic carbocycles. The van der Waals surface area contributed by atoms with Crippen LogP contribution in [0.1, 0.15) is 29.3 Å². The molecule has 0 spiro atoms. The molecule has 0 unspecified atom stereocenters. The quantitative estimate of drug-likeness (QED) is 0.521. The van der Waals surface area contributed by atoms with Crippen molar-refractivity contribution in [2.45, 2.75) is 33.1 Å². The summed E-state index contributed by atoms with van der Waals surface area (Å²) >= 11 is 5.01. The number of hydrogen-bond donors (Lipinski definition) is 1. The van der Waals surface area contributed by atoms with Gasteiger partial charge in [0.1, 0.15) is 0 Å². The van der Waals surface area contributed by atoms with Crippen LogP contribution in [0.25, 0.3) is 11.3 Å². The minimum absolute atomic E-state index is 0.00401. The van der Waals surface area contributed by atoms with Gasteiger partial charge in [-0.25, -0.2) is 4.98 Å². The summed E-state index contributed by atoms with van der Waals surface area (Å²) in [6, 6.07) is 16.4. The van der Waals surface area contributed by atoms with E-state index in [-0.39, 0.29) is 5.91 Å². The molecule has 26 heavy (non-hydrogen) atoms. The van der Waals surface area contributed by atoms with Crippen molar-refractivity contribution in [3.8, 4) is 11.3 Å². The Morgan fingerprint density at radius 2 is 1.81 bits per heavy atom. The first-order valence-corrected chi connectivity index (χ1v) is 10.3. The minimum atomic E-state index is 0.00401. The molecule has 134 valence electrons. The molecule has 3 nitrogen and oxygen atoms in total. The van der Waals surface area contributed by atoms with Gasteiger partial charge < -0.3 is 5.32 Å². The number of amides is 1. The number of aryl methyl sites for hydroxylation is 3. The molecule has 0 atom stereocenters. The van der Waals surface area contributed by atoms with Gasteiger partial charge in [-0.05, 0) is 37.5 Å². The number of carbonyl (C=O) groups excluding carboxylic acids is 1. The Morgan fingerprint density at radius 1 is 1.12 bits per heavy atom. The summed E-state index contributed by atoms with van der Waals surface area (Å²) in [6.45, 7) is 4.17. The van der Waals surface area contributed by atoms with E-state index in [1.807, 2.05) is 24.3 Å². The summed E-state index contributed by atoms with van der Waals surface area (Å²) < 4.78 is 1.04. The van der Waals surface area contributed by atoms with Crippen LogP contribution in [0.2, 0.25) is 0 Å². The van der Waals surface area contributed by atoms with E-state index in [0.29, 0.717) is 11.6 Å². The minimum Gasteiger partial charge on any atom is -0.302 e. The summed E-state index contributed by atoms with van der Waals surface area (Å²) in [6.07, 6.45) is 2.08. The Labute approximate surface area is 166 Å². The molecule has 0 saturated heterocycles. The predicted molar refractivity (Wildman–Crippen MR) is 113 cm³/mol. The van der Waals surface area contributed by atoms with Crippen LogP contribution >= 0.6 is 27.3 Å². The number of anilines is 1. The summed E-state index contributed by atoms with van der Waals surface area (Å²) in [4.78, 5) is 18.1. The molecule has 0 radical (unpaired) electrons. The van der Waals surface area contributed by atoms with Gasteiger partial charge in [0, 0.05) is 21.3 Å². The second kappa shape index (κ2) is 8.60. The highest BCUT2D eigenvalue weighted by atomic mass is 79.9. The second-order valence-corrected chi connectivity index (χ2v) is 8.18. The number of carbonyl (C=O) groups is 1. The fraction of sp³-hybridized carbons (Fsp3) is 0.238. The molecule has 0 fully saturated rings. The van der Waals surface area contributed by atoms with E-state index in [1.54, 1.807) is 11.3 Å². The number of aromatic nitrogens is 1. The van der Waals surface area contributed by atoms with Gasteiger partial charge in [-0.15, -0.1) is 11.3 Å². The molecule has 0 saturated carbocycles. The first-order chi connectivity index (χ1) is 12.5. The monoisotopic (exact) mass is 428 g/mol. The first-order valence-electron chi connectivity index (χ1n) is 8.66. The van der Waals surface area contributed by atoms with Crippen molar-refractivity contribution in [2.24, 2.45) is 0 Å². The molecule has 3 aromatic rings. The zero-order valence-electron chi connectivity index (χ0n) is 14.9. The van der Waals surface area contributed by atoms with Gasteiger partial charge >= 0.3 is 0 Å². The van der Waals surface area contributed by atoms with E-state index < -0.39 is 0 Å². The highest BCUT2D eigenvalue weighted by molar-refractivity contribution is 9.10. The molecule has 3 rings (SSSR count). The lowest BCUT2D eigenvalue weighted by atomic mass is 10.1. The van der Waals surface area contributed by atoms with Crippen molar-refractivity contribution in [1.29, 1.82) is 0 Å². The van der Waals surface area contributed by atoms with E-state index in [4.69, 9.17) is 0 Å². The Kier molecular flexibility index (Phi) is 6.22. The largest absolute Gasteiger partial charge is 0.302 e. The van der Waals surface area contributed by atoms with E-state index in [1.165, 1.54) is 16.0 Å². The maximum atomic E-state index is 12.3. The molecule has 1 heterocycles. The highest BCUT2D eigenvalue weighted by Crippen LogP contribution is 2.32. The number of nitrogens with one attached hydrogen (secondary N) is 1. The standard InChI is InChI=1S/C21H21BrN2OS/c1-3-18-20(16-9-11-17(22)12-10-16)24-21(26-18)23-19(25)13-8-15-6-4-14(2)5-7-15/h4-7,9-12H,3,8,13H2,1-2H3,(H,23,24,25). The van der Waals surface area contributed by atoms with Gasteiger partial charge in [-0.1, -0.05) is 64.8 Å². The Bertz CT molecular complexity index is 885. The van der Waals surface area contributed by atoms with Gasteiger partial charge in [-0.3, -0.25) is 4.79 Å². The van der Waals surface area contributed by atoms with Crippen molar-refractivity contribution in [3.05, 3.63) is 69.0 Å². The van der Waals surface area contributed by atoms with Crippen molar-refractivity contribution >= 4 is 38.3 Å². The average molecular weight is 429 g/mol. The van der Waals surface area contributed by atoms with E-state index >= 15 is 0 Å². The molecular weight excluding hydrogens is 408 g/mol. The molecule has 0 bridgehead atoms. The average Bonchev–Trinajstić information content (AvgIpc) is 3.04. The molecule has 5 heteroatoms. The fourth-order valence-corrected chi connectivity index (χ4v) is 3.88. The lowest BCUT2D eigenvalue weighted by Gasteiger charge is -2.03. The third kappa shape index (κ3) is 4.80. The molecule has 1 N–H and O–H groups in total. The number of rotatable bonds is 6. The van der Waals surface area contributed by atoms with Crippen molar-refractivity contribution in [2.75, 3.05) is 5.32 Å². The molecule has 1 aromatic heterocycles. The lowest BCUT2D eigenvalue weighted by molar-refractivity contribution is -0.116. The van der Waals surface area contributed by atoms with E-state index in [2.05, 4.69) is 64.3 Å². The van der Waals surface area contributed by atoms with E-state index in [9.17, 15) is 4.79 Å². The van der Waals surface area contributed by atoms with Crippen LogP contribution in [-0.2, 0) is 17.6 Å². The SMILES string of the molecule is CCc1sc(NC(=O)CCc2ccc(C)cc2)nc1-c1ccc(Br)cc1. The van der Waals surface area contributed by atoms with Crippen molar-refractivity contribution in [3.63, 3.8) is 0 Å². The molecular formula is C21H21BrN2OS. The molecule has 2 aromatic carbocycles. The van der Waals surface area contributed by atoms with Gasteiger partial charge in [0.15, 0.2) is 5.13 Å². The van der Waals surface area contributed by atoms with Crippen molar-refractivity contribution < 1.29 is 4.79 Å². The van der Waals surface area contributed by atoms with E-state index in [0.717, 1.165) is 28.6 Å². The van der Waals surface area contributed by atoms with Crippen LogP contribution < -0.4 is 5.32 Å². The zero-order chi connectivity index (χ0) is 18.5. The fourth-order valence-electron chi connectivity index (χ4n) is 2.67. The summed E-state index contributed by atoms with van der Waals surface area (Å²) in [5, 5.41) is 3.63. The summed E-state index contributed by atoms with van der Waals surface area (Å²) in [5.74, 6) is 0.00401. The number of thiazole rings is 1. The molecule has 0 aliphatic heterocycles. The highest BCUT2D eigenvalue weighted by Gasteiger charge is 2.14. The zero-order valence-corrected chi connectivity index (χ0v) is 17.3. The molecule has 1 amide bonds. The van der Waals surface area contributed by atoms with Crippen LogP contribution in [-0.4, -0.2) is 10.9 Å². The van der Waals surface area contributed by atoms with Gasteiger partial charge in [0.25, 0.3) is 0 Å². The van der Waals surface area contributed by atoms with Gasteiger partial charge in [0.2, 0.25) is 5.91 Å². The van der Waals surface area contributed by atoms with Crippen LogP contribution in [0.4, 0.5) is 5.13 Å². The maximum Gasteiger partial charge on any atom is 0.226 e. The number of benzene rings is 2. The predicted octanol–water partition coefficient (Wildman–Crippen LogP) is 6.01. The van der Waals surface area contributed by atoms with Crippen LogP contribution in [0.15, 0.2) is 53.0 Å². The first kappa shape index (κ1) is 18.8. The Hall–Kier alpha value is -1.98. The maximum absolute atomic E-state index is 12.3. The third-order valence-electron chi connectivity index (χ3n) is 4.14. The number of nitrogens with zero attached hydrogens (tertiary/aromatic N) is 1. The third-order valence-corrected chi connectivity index (χ3v) is 5.79. The topological polar surface area (TPSA) is 42.0 Å². The van der Waals surface area contributed by atoms with Crippen LogP contribution in [0.3, 0.4) is 0 Å².